The molecule has 7 nitrogen and oxygen atoms in total. The molecule has 0 atom stereocenters. The number of carbonyl (C=O) groups is 1. The van der Waals surface area contributed by atoms with E-state index in [9.17, 15) is 13.2 Å². The summed E-state index contributed by atoms with van der Waals surface area (Å²) in [5.41, 5.74) is 0.705. The second kappa shape index (κ2) is 8.46. The predicted octanol–water partition coefficient (Wildman–Crippen LogP) is 1.32. The van der Waals surface area contributed by atoms with E-state index in [0.717, 1.165) is 5.75 Å². The number of anilines is 1. The van der Waals surface area contributed by atoms with E-state index in [2.05, 4.69) is 5.32 Å². The minimum atomic E-state index is -3.30. The zero-order valence-electron chi connectivity index (χ0n) is 14.0. The number of piperidine rings is 1. The van der Waals surface area contributed by atoms with Crippen LogP contribution in [0.1, 0.15) is 12.8 Å². The van der Waals surface area contributed by atoms with Gasteiger partial charge >= 0.3 is 0 Å². The third-order valence-electron chi connectivity index (χ3n) is 4.12. The van der Waals surface area contributed by atoms with Crippen LogP contribution in [0.5, 0.6) is 5.75 Å². The lowest BCUT2D eigenvalue weighted by Crippen LogP contribution is -2.42. The Hall–Kier alpha value is -1.64. The van der Waals surface area contributed by atoms with Crippen molar-refractivity contribution >= 4 is 21.6 Å². The van der Waals surface area contributed by atoms with Gasteiger partial charge in [0.25, 0.3) is 0 Å². The maximum Gasteiger partial charge on any atom is 0.227 e. The minimum Gasteiger partial charge on any atom is -0.497 e. The van der Waals surface area contributed by atoms with Gasteiger partial charge in [-0.05, 0) is 37.1 Å². The number of nitrogens with zero attached hydrogens (tertiary/aromatic N) is 1. The van der Waals surface area contributed by atoms with E-state index in [1.165, 1.54) is 11.4 Å². The summed E-state index contributed by atoms with van der Waals surface area (Å²) in [6, 6.07) is 7.11. The van der Waals surface area contributed by atoms with Crippen molar-refractivity contribution < 1.29 is 22.7 Å². The Bertz CT molecular complexity index is 637. The van der Waals surface area contributed by atoms with Crippen molar-refractivity contribution in [1.82, 2.24) is 4.31 Å². The molecule has 0 unspecified atom stereocenters. The number of benzene rings is 1. The van der Waals surface area contributed by atoms with Crippen molar-refractivity contribution in [2.24, 2.45) is 5.92 Å². The van der Waals surface area contributed by atoms with Gasteiger partial charge in [0.1, 0.15) is 5.75 Å². The first kappa shape index (κ1) is 18.7. The molecule has 0 spiro atoms. The van der Waals surface area contributed by atoms with Crippen LogP contribution >= 0.6 is 0 Å². The van der Waals surface area contributed by atoms with E-state index < -0.39 is 10.0 Å². The third kappa shape index (κ3) is 4.93. The summed E-state index contributed by atoms with van der Waals surface area (Å²) >= 11 is 0. The molecule has 1 N–H and O–H groups in total. The number of hydrogen-bond acceptors (Lipinski definition) is 5. The molecule has 1 aromatic rings. The first-order valence-electron chi connectivity index (χ1n) is 7.88. The number of hydrogen-bond donors (Lipinski definition) is 1. The average Bonchev–Trinajstić information content (AvgIpc) is 2.60. The smallest absolute Gasteiger partial charge is 0.227 e. The number of rotatable bonds is 7. The topological polar surface area (TPSA) is 84.9 Å². The number of ether oxygens (including phenoxy) is 2. The number of nitrogens with one attached hydrogen (secondary N) is 1. The highest BCUT2D eigenvalue weighted by molar-refractivity contribution is 7.89. The lowest BCUT2D eigenvalue weighted by Gasteiger charge is -2.30. The predicted molar refractivity (Wildman–Crippen MR) is 91.6 cm³/mol. The number of carbonyl (C=O) groups excluding carboxylic acids is 1. The van der Waals surface area contributed by atoms with Crippen molar-refractivity contribution in [2.45, 2.75) is 12.8 Å². The summed E-state index contributed by atoms with van der Waals surface area (Å²) in [5, 5.41) is 2.87. The van der Waals surface area contributed by atoms with Crippen molar-refractivity contribution in [2.75, 3.05) is 45.0 Å². The van der Waals surface area contributed by atoms with Crippen LogP contribution in [0, 0.1) is 5.92 Å². The van der Waals surface area contributed by atoms with Gasteiger partial charge in [0.05, 0.1) is 19.5 Å². The molecule has 1 amide bonds. The van der Waals surface area contributed by atoms with Gasteiger partial charge in [0, 0.05) is 31.8 Å². The van der Waals surface area contributed by atoms with Gasteiger partial charge in [-0.3, -0.25) is 4.79 Å². The van der Waals surface area contributed by atoms with Gasteiger partial charge in [-0.2, -0.15) is 0 Å². The van der Waals surface area contributed by atoms with Crippen LogP contribution in [-0.2, 0) is 19.6 Å². The molecule has 1 aliphatic rings. The van der Waals surface area contributed by atoms with Crippen molar-refractivity contribution in [3.8, 4) is 5.75 Å². The van der Waals surface area contributed by atoms with Gasteiger partial charge in [-0.1, -0.05) is 0 Å². The van der Waals surface area contributed by atoms with E-state index in [0.29, 0.717) is 31.6 Å². The first-order valence-corrected chi connectivity index (χ1v) is 9.49. The van der Waals surface area contributed by atoms with E-state index in [-0.39, 0.29) is 24.2 Å². The van der Waals surface area contributed by atoms with Crippen LogP contribution in [0.2, 0.25) is 0 Å². The van der Waals surface area contributed by atoms with E-state index >= 15 is 0 Å². The highest BCUT2D eigenvalue weighted by Crippen LogP contribution is 2.22. The normalized spacial score (nSPS) is 16.8. The average molecular weight is 356 g/mol. The van der Waals surface area contributed by atoms with Crippen LogP contribution in [0.15, 0.2) is 24.3 Å². The Kier molecular flexibility index (Phi) is 6.59. The van der Waals surface area contributed by atoms with Gasteiger partial charge in [0.2, 0.25) is 15.9 Å². The molecule has 0 saturated carbocycles. The van der Waals surface area contributed by atoms with Crippen molar-refractivity contribution in [1.29, 1.82) is 0 Å². The molecule has 0 aromatic heterocycles. The molecule has 0 bridgehead atoms. The van der Waals surface area contributed by atoms with Crippen LogP contribution in [0.4, 0.5) is 5.69 Å². The fraction of sp³-hybridized carbons (Fsp3) is 0.562. The lowest BCUT2D eigenvalue weighted by molar-refractivity contribution is -0.120. The van der Waals surface area contributed by atoms with Gasteiger partial charge in [-0.25, -0.2) is 12.7 Å². The Morgan fingerprint density at radius 3 is 2.38 bits per heavy atom. The van der Waals surface area contributed by atoms with E-state index in [1.807, 2.05) is 0 Å². The number of methoxy groups -OCH3 is 2. The Morgan fingerprint density at radius 1 is 1.21 bits per heavy atom. The lowest BCUT2D eigenvalue weighted by atomic mass is 9.97. The highest BCUT2D eigenvalue weighted by Gasteiger charge is 2.30. The Labute approximate surface area is 143 Å². The molecule has 1 saturated heterocycles. The molecule has 134 valence electrons. The second-order valence-electron chi connectivity index (χ2n) is 5.70. The molecule has 1 aromatic carbocycles. The first-order chi connectivity index (χ1) is 11.5. The molecule has 24 heavy (non-hydrogen) atoms. The Morgan fingerprint density at radius 2 is 1.83 bits per heavy atom. The summed E-state index contributed by atoms with van der Waals surface area (Å²) in [6.07, 6.45) is 1.04. The summed E-state index contributed by atoms with van der Waals surface area (Å²) in [5.74, 6) is 0.448. The molecule has 2 rings (SSSR count). The Balaban J connectivity index is 1.86. The molecule has 0 aliphatic carbocycles. The quantitative estimate of drug-likeness (QED) is 0.796. The maximum absolute atomic E-state index is 12.3. The van der Waals surface area contributed by atoms with Crippen LogP contribution in [0.3, 0.4) is 0 Å². The van der Waals surface area contributed by atoms with Crippen molar-refractivity contribution in [3.63, 3.8) is 0 Å². The van der Waals surface area contributed by atoms with E-state index in [4.69, 9.17) is 9.47 Å². The number of amides is 1. The van der Waals surface area contributed by atoms with Crippen LogP contribution < -0.4 is 10.1 Å². The zero-order valence-corrected chi connectivity index (χ0v) is 14.8. The van der Waals surface area contributed by atoms with Crippen LogP contribution in [0.25, 0.3) is 0 Å². The molecule has 0 radical (unpaired) electrons. The van der Waals surface area contributed by atoms with Gasteiger partial charge in [0.15, 0.2) is 0 Å². The fourth-order valence-electron chi connectivity index (χ4n) is 2.63. The molecule has 8 heteroatoms. The third-order valence-corrected chi connectivity index (χ3v) is 5.96. The maximum atomic E-state index is 12.3. The SMILES string of the molecule is COCCS(=O)(=O)N1CCC(C(=O)Nc2ccc(OC)cc2)CC1. The summed E-state index contributed by atoms with van der Waals surface area (Å²) < 4.78 is 35.6. The summed E-state index contributed by atoms with van der Waals surface area (Å²) in [7, 11) is -0.236. The molecular weight excluding hydrogens is 332 g/mol. The van der Waals surface area contributed by atoms with Crippen molar-refractivity contribution in [3.05, 3.63) is 24.3 Å². The summed E-state index contributed by atoms with van der Waals surface area (Å²) in [4.78, 5) is 12.3. The fourth-order valence-corrected chi connectivity index (χ4v) is 4.04. The van der Waals surface area contributed by atoms with Gasteiger partial charge in [-0.15, -0.1) is 0 Å². The summed E-state index contributed by atoms with van der Waals surface area (Å²) in [6.45, 7) is 0.916. The van der Waals surface area contributed by atoms with Gasteiger partial charge < -0.3 is 14.8 Å². The van der Waals surface area contributed by atoms with E-state index in [1.54, 1.807) is 31.4 Å². The standard InChI is InChI=1S/C16H24N2O5S/c1-22-11-12-24(20,21)18-9-7-13(8-10-18)16(19)17-14-3-5-15(23-2)6-4-14/h3-6,13H,7-12H2,1-2H3,(H,17,19). The zero-order chi connectivity index (χ0) is 17.6. The largest absolute Gasteiger partial charge is 0.497 e. The van der Waals surface area contributed by atoms with Crippen LogP contribution in [-0.4, -0.2) is 58.3 Å². The monoisotopic (exact) mass is 356 g/mol. The second-order valence-corrected chi connectivity index (χ2v) is 7.79. The molecule has 1 aliphatic heterocycles. The number of sulfonamides is 1. The molecule has 1 heterocycles. The minimum absolute atomic E-state index is 0.0216. The molecule has 1 fully saturated rings. The molecular formula is C16H24N2O5S. The highest BCUT2D eigenvalue weighted by atomic mass is 32.2.